The van der Waals surface area contributed by atoms with Crippen LogP contribution in [0.3, 0.4) is 0 Å². The zero-order chi connectivity index (χ0) is 24.4. The first-order valence-corrected chi connectivity index (χ1v) is 11.9. The Morgan fingerprint density at radius 1 is 0.857 bits per heavy atom. The molecule has 2 atom stereocenters. The molecule has 0 radical (unpaired) electrons. The number of benzene rings is 3. The summed E-state index contributed by atoms with van der Waals surface area (Å²) in [5, 5.41) is 7.21. The first kappa shape index (κ1) is 22.8. The molecular formula is C29H30N2O4. The Morgan fingerprint density at radius 2 is 1.69 bits per heavy atom. The summed E-state index contributed by atoms with van der Waals surface area (Å²) in [5.74, 6) is 2.33. The third kappa shape index (κ3) is 4.44. The summed E-state index contributed by atoms with van der Waals surface area (Å²) in [6.07, 6.45) is 1.14. The largest absolute Gasteiger partial charge is 0.497 e. The number of ketones is 1. The lowest BCUT2D eigenvalue weighted by Crippen LogP contribution is -2.26. The molecule has 0 unspecified atom stereocenters. The molecule has 35 heavy (non-hydrogen) atoms. The second kappa shape index (κ2) is 9.74. The minimum atomic E-state index is -0.278. The van der Waals surface area contributed by atoms with Gasteiger partial charge in [-0.3, -0.25) is 4.79 Å². The van der Waals surface area contributed by atoms with Crippen LogP contribution in [0, 0.1) is 0 Å². The van der Waals surface area contributed by atoms with Gasteiger partial charge < -0.3 is 24.8 Å². The van der Waals surface area contributed by atoms with Crippen LogP contribution in [0.5, 0.6) is 17.2 Å². The smallest absolute Gasteiger partial charge is 0.163 e. The Balaban J connectivity index is 1.56. The van der Waals surface area contributed by atoms with Crippen LogP contribution >= 0.6 is 0 Å². The summed E-state index contributed by atoms with van der Waals surface area (Å²) in [6.45, 7) is 2.51. The molecule has 6 nitrogen and oxygen atoms in total. The fourth-order valence-electron chi connectivity index (χ4n) is 5.01. The zero-order valence-electron chi connectivity index (χ0n) is 20.3. The number of hydrogen-bond donors (Lipinski definition) is 2. The van der Waals surface area contributed by atoms with E-state index in [2.05, 4.69) is 10.6 Å². The second-order valence-corrected chi connectivity index (χ2v) is 8.79. The van der Waals surface area contributed by atoms with E-state index in [1.165, 1.54) is 0 Å². The predicted molar refractivity (Wildman–Crippen MR) is 138 cm³/mol. The average molecular weight is 471 g/mol. The molecule has 1 aliphatic carbocycles. The normalized spacial score (nSPS) is 19.0. The van der Waals surface area contributed by atoms with Gasteiger partial charge in [-0.2, -0.15) is 0 Å². The predicted octanol–water partition coefficient (Wildman–Crippen LogP) is 6.08. The van der Waals surface area contributed by atoms with E-state index in [4.69, 9.17) is 14.2 Å². The van der Waals surface area contributed by atoms with Crippen molar-refractivity contribution < 1.29 is 19.0 Å². The van der Waals surface area contributed by atoms with E-state index in [9.17, 15) is 4.79 Å². The number of rotatable bonds is 6. The topological polar surface area (TPSA) is 68.8 Å². The number of anilines is 2. The second-order valence-electron chi connectivity index (χ2n) is 8.79. The van der Waals surface area contributed by atoms with Crippen LogP contribution in [0.15, 0.2) is 78.0 Å². The summed E-state index contributed by atoms with van der Waals surface area (Å²) < 4.78 is 16.7. The Morgan fingerprint density at radius 3 is 2.46 bits per heavy atom. The Bertz CT molecular complexity index is 1280. The molecule has 5 rings (SSSR count). The van der Waals surface area contributed by atoms with Crippen molar-refractivity contribution >= 4 is 17.2 Å². The van der Waals surface area contributed by atoms with Crippen LogP contribution in [0.25, 0.3) is 0 Å². The zero-order valence-corrected chi connectivity index (χ0v) is 20.3. The van der Waals surface area contributed by atoms with E-state index in [-0.39, 0.29) is 17.7 Å². The van der Waals surface area contributed by atoms with E-state index in [0.29, 0.717) is 30.9 Å². The molecule has 1 heterocycles. The van der Waals surface area contributed by atoms with Gasteiger partial charge in [0.15, 0.2) is 17.3 Å². The molecule has 3 aromatic rings. The molecule has 180 valence electrons. The van der Waals surface area contributed by atoms with Crippen LogP contribution in [0.1, 0.15) is 42.9 Å². The van der Waals surface area contributed by atoms with Crippen molar-refractivity contribution in [2.45, 2.75) is 31.7 Å². The van der Waals surface area contributed by atoms with E-state index >= 15 is 0 Å². The highest BCUT2D eigenvalue weighted by molar-refractivity contribution is 6.01. The third-order valence-electron chi connectivity index (χ3n) is 6.70. The molecule has 0 saturated heterocycles. The lowest BCUT2D eigenvalue weighted by Gasteiger charge is -2.30. The Hall–Kier alpha value is -3.93. The fraction of sp³-hybridized carbons (Fsp3) is 0.276. The molecule has 0 spiro atoms. The van der Waals surface area contributed by atoms with Gasteiger partial charge in [-0.15, -0.1) is 0 Å². The van der Waals surface area contributed by atoms with Crippen molar-refractivity contribution in [2.75, 3.05) is 31.5 Å². The van der Waals surface area contributed by atoms with E-state index in [1.807, 2.05) is 73.7 Å². The minimum Gasteiger partial charge on any atom is -0.497 e. The van der Waals surface area contributed by atoms with Crippen molar-refractivity contribution in [3.63, 3.8) is 0 Å². The number of carbonyl (C=O) groups is 1. The summed E-state index contributed by atoms with van der Waals surface area (Å²) in [7, 11) is 3.30. The Kier molecular flexibility index (Phi) is 6.36. The van der Waals surface area contributed by atoms with Crippen molar-refractivity contribution in [1.82, 2.24) is 0 Å². The first-order valence-electron chi connectivity index (χ1n) is 11.9. The lowest BCUT2D eigenvalue weighted by molar-refractivity contribution is -0.116. The van der Waals surface area contributed by atoms with Gasteiger partial charge in [-0.25, -0.2) is 0 Å². The maximum atomic E-state index is 13.8. The van der Waals surface area contributed by atoms with Gasteiger partial charge in [0.05, 0.1) is 38.2 Å². The van der Waals surface area contributed by atoms with Crippen LogP contribution in [-0.2, 0) is 4.79 Å². The number of para-hydroxylation sites is 2. The van der Waals surface area contributed by atoms with Crippen molar-refractivity contribution in [2.24, 2.45) is 0 Å². The summed E-state index contributed by atoms with van der Waals surface area (Å²) in [6, 6.07) is 21.7. The van der Waals surface area contributed by atoms with Gasteiger partial charge in [-0.05, 0) is 66.8 Å². The van der Waals surface area contributed by atoms with Gasteiger partial charge in [0.25, 0.3) is 0 Å². The summed E-state index contributed by atoms with van der Waals surface area (Å²) in [4.78, 5) is 13.8. The van der Waals surface area contributed by atoms with E-state index in [1.54, 1.807) is 14.2 Å². The van der Waals surface area contributed by atoms with Crippen LogP contribution in [0.4, 0.5) is 11.4 Å². The third-order valence-corrected chi connectivity index (χ3v) is 6.70. The van der Waals surface area contributed by atoms with Crippen LogP contribution < -0.4 is 24.8 Å². The summed E-state index contributed by atoms with van der Waals surface area (Å²) >= 11 is 0. The van der Waals surface area contributed by atoms with Crippen LogP contribution in [0.2, 0.25) is 0 Å². The van der Waals surface area contributed by atoms with Gasteiger partial charge in [0, 0.05) is 17.7 Å². The molecule has 0 bridgehead atoms. The molecule has 0 saturated carbocycles. The number of nitrogens with one attached hydrogen (secondary N) is 2. The van der Waals surface area contributed by atoms with E-state index in [0.717, 1.165) is 39.5 Å². The number of ether oxygens (including phenoxy) is 3. The maximum absolute atomic E-state index is 13.8. The van der Waals surface area contributed by atoms with Gasteiger partial charge in [-0.1, -0.05) is 30.3 Å². The average Bonchev–Trinajstić information content (AvgIpc) is 3.06. The number of carbonyl (C=O) groups excluding carboxylic acids is 1. The first-order chi connectivity index (χ1) is 17.1. The maximum Gasteiger partial charge on any atom is 0.163 e. The molecule has 2 aliphatic rings. The monoisotopic (exact) mass is 470 g/mol. The fourth-order valence-corrected chi connectivity index (χ4v) is 5.01. The highest BCUT2D eigenvalue weighted by Crippen LogP contribution is 2.45. The highest BCUT2D eigenvalue weighted by Gasteiger charge is 2.36. The van der Waals surface area contributed by atoms with Crippen LogP contribution in [-0.4, -0.2) is 26.6 Å². The number of Topliss-reactive ketones (excluding diaryl/α,β-unsaturated/α-hetero) is 1. The van der Waals surface area contributed by atoms with E-state index < -0.39 is 0 Å². The van der Waals surface area contributed by atoms with Gasteiger partial charge in [0.2, 0.25) is 0 Å². The van der Waals surface area contributed by atoms with Gasteiger partial charge in [0.1, 0.15) is 5.75 Å². The van der Waals surface area contributed by atoms with Gasteiger partial charge >= 0.3 is 0 Å². The number of methoxy groups -OCH3 is 2. The molecule has 0 amide bonds. The molecule has 0 fully saturated rings. The van der Waals surface area contributed by atoms with Crippen molar-refractivity contribution in [1.29, 1.82) is 0 Å². The molecule has 2 N–H and O–H groups in total. The lowest BCUT2D eigenvalue weighted by atomic mass is 9.78. The number of allylic oxidation sites excluding steroid dienone is 1. The Labute approximate surface area is 205 Å². The molecule has 0 aromatic heterocycles. The number of hydrogen-bond acceptors (Lipinski definition) is 6. The highest BCUT2D eigenvalue weighted by atomic mass is 16.5. The van der Waals surface area contributed by atoms with Crippen molar-refractivity contribution in [3.05, 3.63) is 89.1 Å². The number of fused-ring (bicyclic) bond motifs is 1. The molecule has 6 heteroatoms. The quantitative estimate of drug-likeness (QED) is 0.455. The minimum absolute atomic E-state index is 0.0366. The summed E-state index contributed by atoms with van der Waals surface area (Å²) in [5.41, 5.74) is 5.71. The molecule has 3 aromatic carbocycles. The SMILES string of the molecule is CCOc1ccc([C@@H]2CC(=O)C3=C(C2)Nc2ccccc2N[C@H]3c2cccc(OC)c2)cc1OC. The van der Waals surface area contributed by atoms with Crippen molar-refractivity contribution in [3.8, 4) is 17.2 Å². The standard InChI is InChI=1S/C29H30N2O4/c1-4-35-26-13-12-18(17-27(26)34-3)20-15-24-28(25(32)16-20)29(19-8-7-9-21(14-19)33-2)31-23-11-6-5-10-22(23)30-24/h5-14,17,20,29-31H,4,15-16H2,1-3H3/t20-,29-/m0/s1. The molecular weight excluding hydrogens is 440 g/mol. The molecule has 1 aliphatic heterocycles.